The minimum Gasteiger partial charge on any atom is -0.394 e. The van der Waals surface area contributed by atoms with Crippen LogP contribution in [-0.4, -0.2) is 71.6 Å². The van der Waals surface area contributed by atoms with Crippen LogP contribution >= 0.6 is 0 Å². The summed E-state index contributed by atoms with van der Waals surface area (Å²) in [5.74, 6) is -2.17. The number of hydrogen-bond acceptors (Lipinski definition) is 7. The summed E-state index contributed by atoms with van der Waals surface area (Å²) < 4.78 is 0. The van der Waals surface area contributed by atoms with Crippen LogP contribution in [0, 0.1) is 5.92 Å². The SMILES string of the molecule is CCC(C)C(N)C(=O)N[C@H](C(=O)NCC(=O)N[C@H](C=O)CO)[C@H](C)O. The second-order valence-electron chi connectivity index (χ2n) is 5.85. The van der Waals surface area contributed by atoms with E-state index < -0.39 is 55.1 Å². The summed E-state index contributed by atoms with van der Waals surface area (Å²) >= 11 is 0. The summed E-state index contributed by atoms with van der Waals surface area (Å²) in [6.07, 6.45) is -0.186. The van der Waals surface area contributed by atoms with E-state index in [1.807, 2.05) is 6.92 Å². The van der Waals surface area contributed by atoms with E-state index in [2.05, 4.69) is 16.0 Å². The topological polar surface area (TPSA) is 171 Å². The summed E-state index contributed by atoms with van der Waals surface area (Å²) in [7, 11) is 0. The van der Waals surface area contributed by atoms with Crippen LogP contribution in [0.2, 0.25) is 0 Å². The van der Waals surface area contributed by atoms with Crippen LogP contribution in [0.3, 0.4) is 0 Å². The maximum absolute atomic E-state index is 12.1. The minimum atomic E-state index is -1.28. The maximum atomic E-state index is 12.1. The van der Waals surface area contributed by atoms with Crippen LogP contribution in [0.15, 0.2) is 0 Å². The van der Waals surface area contributed by atoms with Crippen molar-refractivity contribution < 1.29 is 29.4 Å². The van der Waals surface area contributed by atoms with E-state index in [1.54, 1.807) is 6.92 Å². The molecule has 0 aromatic heterocycles. The van der Waals surface area contributed by atoms with Gasteiger partial charge >= 0.3 is 0 Å². The molecule has 144 valence electrons. The van der Waals surface area contributed by atoms with E-state index >= 15 is 0 Å². The molecule has 0 saturated heterocycles. The quantitative estimate of drug-likeness (QED) is 0.213. The van der Waals surface area contributed by atoms with Crippen LogP contribution < -0.4 is 21.7 Å². The predicted molar refractivity (Wildman–Crippen MR) is 89.1 cm³/mol. The molecule has 5 atom stereocenters. The van der Waals surface area contributed by atoms with Gasteiger partial charge in [0, 0.05) is 0 Å². The number of carbonyl (C=O) groups is 4. The Morgan fingerprint density at radius 2 is 1.76 bits per heavy atom. The van der Waals surface area contributed by atoms with Crippen LogP contribution in [0.1, 0.15) is 27.2 Å². The van der Waals surface area contributed by atoms with Crippen LogP contribution in [0.25, 0.3) is 0 Å². The zero-order valence-electron chi connectivity index (χ0n) is 14.7. The van der Waals surface area contributed by atoms with Gasteiger partial charge in [-0.1, -0.05) is 20.3 Å². The molecule has 7 N–H and O–H groups in total. The molecule has 3 amide bonds. The third kappa shape index (κ3) is 8.05. The van der Waals surface area contributed by atoms with Crippen molar-refractivity contribution in [1.29, 1.82) is 0 Å². The molecule has 0 heterocycles. The fourth-order valence-electron chi connectivity index (χ4n) is 1.82. The van der Waals surface area contributed by atoms with Crippen LogP contribution in [0.4, 0.5) is 0 Å². The molecule has 10 heteroatoms. The first kappa shape index (κ1) is 23.0. The van der Waals surface area contributed by atoms with E-state index in [-0.39, 0.29) is 5.92 Å². The first-order chi connectivity index (χ1) is 11.7. The highest BCUT2D eigenvalue weighted by atomic mass is 16.3. The summed E-state index contributed by atoms with van der Waals surface area (Å²) in [6, 6.07) is -3.18. The van der Waals surface area contributed by atoms with E-state index in [0.29, 0.717) is 12.7 Å². The summed E-state index contributed by atoms with van der Waals surface area (Å²) in [4.78, 5) is 46.2. The molecule has 0 fully saturated rings. The average molecular weight is 360 g/mol. The van der Waals surface area contributed by atoms with Gasteiger partial charge in [0.25, 0.3) is 0 Å². The number of amides is 3. The predicted octanol–water partition coefficient (Wildman–Crippen LogP) is -2.98. The van der Waals surface area contributed by atoms with Crippen molar-refractivity contribution in [3.63, 3.8) is 0 Å². The Bertz CT molecular complexity index is 471. The zero-order valence-corrected chi connectivity index (χ0v) is 14.7. The summed E-state index contributed by atoms with van der Waals surface area (Å²) in [5.41, 5.74) is 5.78. The standard InChI is InChI=1S/C15H28N4O6/c1-4-8(2)12(16)14(24)19-13(9(3)22)15(25)17-5-11(23)18-10(6-20)7-21/h6,8-10,12-13,21-22H,4-5,7,16H2,1-3H3,(H,17,25)(H,18,23)(H,19,24)/t8?,9-,10+,12?,13-/m0/s1. The molecule has 0 aliphatic rings. The average Bonchev–Trinajstić information content (AvgIpc) is 2.59. The Kier molecular flexibility index (Phi) is 10.6. The second kappa shape index (κ2) is 11.5. The van der Waals surface area contributed by atoms with Gasteiger partial charge in [0.05, 0.1) is 25.3 Å². The molecule has 0 aliphatic heterocycles. The lowest BCUT2D eigenvalue weighted by Crippen LogP contribution is -2.57. The Morgan fingerprint density at radius 1 is 1.16 bits per heavy atom. The van der Waals surface area contributed by atoms with Gasteiger partial charge in [-0.3, -0.25) is 14.4 Å². The Balaban J connectivity index is 4.67. The normalized spacial score (nSPS) is 16.7. The monoisotopic (exact) mass is 360 g/mol. The Hall–Kier alpha value is -2.04. The molecule has 25 heavy (non-hydrogen) atoms. The fraction of sp³-hybridized carbons (Fsp3) is 0.733. The molecule has 0 aromatic carbocycles. The number of nitrogens with one attached hydrogen (secondary N) is 3. The minimum absolute atomic E-state index is 0.109. The highest BCUT2D eigenvalue weighted by molar-refractivity contribution is 5.92. The van der Waals surface area contributed by atoms with E-state index in [0.717, 1.165) is 0 Å². The summed E-state index contributed by atoms with van der Waals surface area (Å²) in [5, 5.41) is 25.3. The van der Waals surface area contributed by atoms with Gasteiger partial charge in [0.15, 0.2) is 0 Å². The number of hydrogen-bond donors (Lipinski definition) is 6. The highest BCUT2D eigenvalue weighted by Crippen LogP contribution is 2.06. The lowest BCUT2D eigenvalue weighted by molar-refractivity contribution is -0.133. The van der Waals surface area contributed by atoms with Crippen molar-refractivity contribution >= 4 is 24.0 Å². The number of aliphatic hydroxyl groups is 2. The van der Waals surface area contributed by atoms with Gasteiger partial charge in [-0.25, -0.2) is 0 Å². The van der Waals surface area contributed by atoms with Crippen molar-refractivity contribution in [1.82, 2.24) is 16.0 Å². The highest BCUT2D eigenvalue weighted by Gasteiger charge is 2.29. The van der Waals surface area contributed by atoms with Crippen molar-refractivity contribution in [3.05, 3.63) is 0 Å². The van der Waals surface area contributed by atoms with E-state index in [9.17, 15) is 24.3 Å². The van der Waals surface area contributed by atoms with Gasteiger partial charge in [-0.15, -0.1) is 0 Å². The number of carbonyl (C=O) groups excluding carboxylic acids is 4. The van der Waals surface area contributed by atoms with Gasteiger partial charge in [-0.05, 0) is 12.8 Å². The number of rotatable bonds is 11. The third-order valence-corrected chi connectivity index (χ3v) is 3.75. The first-order valence-electron chi connectivity index (χ1n) is 8.05. The Labute approximate surface area is 146 Å². The van der Waals surface area contributed by atoms with Crippen molar-refractivity contribution in [3.8, 4) is 0 Å². The lowest BCUT2D eigenvalue weighted by atomic mass is 9.99. The van der Waals surface area contributed by atoms with Crippen molar-refractivity contribution in [2.24, 2.45) is 11.7 Å². The molecular formula is C15H28N4O6. The van der Waals surface area contributed by atoms with Gasteiger partial charge in [0.1, 0.15) is 18.4 Å². The number of nitrogens with two attached hydrogens (primary N) is 1. The molecule has 0 rings (SSSR count). The molecule has 0 radical (unpaired) electrons. The molecular weight excluding hydrogens is 332 g/mol. The van der Waals surface area contributed by atoms with Crippen LogP contribution in [-0.2, 0) is 19.2 Å². The number of aliphatic hydroxyl groups excluding tert-OH is 2. The number of aldehydes is 1. The lowest BCUT2D eigenvalue weighted by Gasteiger charge is -2.24. The zero-order chi connectivity index (χ0) is 19.6. The van der Waals surface area contributed by atoms with Gasteiger partial charge < -0.3 is 36.7 Å². The molecule has 0 saturated carbocycles. The van der Waals surface area contributed by atoms with Crippen molar-refractivity contribution in [2.75, 3.05) is 13.2 Å². The Morgan fingerprint density at radius 3 is 2.20 bits per heavy atom. The second-order valence-corrected chi connectivity index (χ2v) is 5.85. The molecule has 0 aliphatic carbocycles. The van der Waals surface area contributed by atoms with E-state index in [1.165, 1.54) is 6.92 Å². The molecule has 10 nitrogen and oxygen atoms in total. The first-order valence-corrected chi connectivity index (χ1v) is 8.05. The smallest absolute Gasteiger partial charge is 0.245 e. The fourth-order valence-corrected chi connectivity index (χ4v) is 1.82. The van der Waals surface area contributed by atoms with Crippen LogP contribution in [0.5, 0.6) is 0 Å². The maximum Gasteiger partial charge on any atom is 0.245 e. The summed E-state index contributed by atoms with van der Waals surface area (Å²) in [6.45, 7) is 3.92. The van der Waals surface area contributed by atoms with Gasteiger partial charge in [-0.2, -0.15) is 0 Å². The molecule has 0 aromatic rings. The van der Waals surface area contributed by atoms with Gasteiger partial charge in [0.2, 0.25) is 17.7 Å². The van der Waals surface area contributed by atoms with Crippen molar-refractivity contribution in [2.45, 2.75) is 51.4 Å². The molecule has 0 spiro atoms. The van der Waals surface area contributed by atoms with E-state index in [4.69, 9.17) is 10.8 Å². The third-order valence-electron chi connectivity index (χ3n) is 3.75. The largest absolute Gasteiger partial charge is 0.394 e. The molecule has 0 bridgehead atoms. The molecule has 2 unspecified atom stereocenters.